The molecule has 7 heteroatoms. The summed E-state index contributed by atoms with van der Waals surface area (Å²) in [7, 11) is -3.36. The topological polar surface area (TPSA) is 78.5 Å². The minimum absolute atomic E-state index is 0.240. The predicted octanol–water partition coefficient (Wildman–Crippen LogP) is 3.15. The molecular formula is C19H25N3O3S. The number of sulfonamides is 1. The third-order valence-corrected chi connectivity index (χ3v) is 4.55. The molecule has 0 aliphatic carbocycles. The van der Waals surface area contributed by atoms with E-state index in [4.69, 9.17) is 0 Å². The van der Waals surface area contributed by atoms with Crippen LogP contribution in [0.15, 0.2) is 48.5 Å². The van der Waals surface area contributed by atoms with Crippen molar-refractivity contribution in [2.45, 2.75) is 20.4 Å². The zero-order valence-electron chi connectivity index (χ0n) is 15.3. The largest absolute Gasteiger partial charge is 0.322 e. The summed E-state index contributed by atoms with van der Waals surface area (Å²) in [5.74, 6) is -0.240. The van der Waals surface area contributed by atoms with E-state index in [1.54, 1.807) is 36.4 Å². The molecule has 0 bridgehead atoms. The smallest absolute Gasteiger partial charge is 0.255 e. The first-order valence-corrected chi connectivity index (χ1v) is 10.4. The van der Waals surface area contributed by atoms with E-state index in [0.717, 1.165) is 31.5 Å². The summed E-state index contributed by atoms with van der Waals surface area (Å²) in [5, 5.41) is 2.78. The van der Waals surface area contributed by atoms with Gasteiger partial charge in [-0.1, -0.05) is 32.0 Å². The van der Waals surface area contributed by atoms with Gasteiger partial charge in [-0.05, 0) is 49.0 Å². The van der Waals surface area contributed by atoms with E-state index >= 15 is 0 Å². The average molecular weight is 375 g/mol. The molecule has 0 atom stereocenters. The van der Waals surface area contributed by atoms with Gasteiger partial charge >= 0.3 is 0 Å². The fourth-order valence-corrected chi connectivity index (χ4v) is 3.10. The Morgan fingerprint density at radius 1 is 1.00 bits per heavy atom. The molecule has 0 aliphatic heterocycles. The van der Waals surface area contributed by atoms with E-state index in [2.05, 4.69) is 28.8 Å². The summed E-state index contributed by atoms with van der Waals surface area (Å²) >= 11 is 0. The maximum atomic E-state index is 12.4. The number of nitrogens with zero attached hydrogens (tertiary/aromatic N) is 1. The highest BCUT2D eigenvalue weighted by Crippen LogP contribution is 2.17. The predicted molar refractivity (Wildman–Crippen MR) is 106 cm³/mol. The van der Waals surface area contributed by atoms with Crippen molar-refractivity contribution in [3.8, 4) is 0 Å². The lowest BCUT2D eigenvalue weighted by Crippen LogP contribution is -2.22. The van der Waals surface area contributed by atoms with Crippen LogP contribution in [0.25, 0.3) is 0 Å². The van der Waals surface area contributed by atoms with Crippen LogP contribution in [0.4, 0.5) is 11.4 Å². The maximum Gasteiger partial charge on any atom is 0.255 e. The van der Waals surface area contributed by atoms with E-state index in [1.165, 1.54) is 0 Å². The van der Waals surface area contributed by atoms with E-state index in [0.29, 0.717) is 16.9 Å². The number of hydrogen-bond acceptors (Lipinski definition) is 4. The monoisotopic (exact) mass is 375 g/mol. The summed E-state index contributed by atoms with van der Waals surface area (Å²) in [6, 6.07) is 14.1. The lowest BCUT2D eigenvalue weighted by molar-refractivity contribution is 0.102. The second kappa shape index (κ2) is 8.82. The van der Waals surface area contributed by atoms with Gasteiger partial charge in [0.05, 0.1) is 11.9 Å². The van der Waals surface area contributed by atoms with E-state index in [-0.39, 0.29) is 5.91 Å². The molecule has 0 heterocycles. The lowest BCUT2D eigenvalue weighted by Gasteiger charge is -2.18. The van der Waals surface area contributed by atoms with Gasteiger partial charge in [-0.15, -0.1) is 0 Å². The van der Waals surface area contributed by atoms with Crippen molar-refractivity contribution in [1.82, 2.24) is 4.90 Å². The van der Waals surface area contributed by atoms with Crippen LogP contribution in [-0.2, 0) is 16.6 Å². The molecule has 0 saturated carbocycles. The highest BCUT2D eigenvalue weighted by molar-refractivity contribution is 7.92. The van der Waals surface area contributed by atoms with E-state index in [1.807, 2.05) is 12.1 Å². The highest BCUT2D eigenvalue weighted by Gasteiger charge is 2.08. The molecule has 1 amide bonds. The van der Waals surface area contributed by atoms with Crippen molar-refractivity contribution >= 4 is 27.3 Å². The normalized spacial score (nSPS) is 11.4. The van der Waals surface area contributed by atoms with Gasteiger partial charge in [0, 0.05) is 17.8 Å². The van der Waals surface area contributed by atoms with Gasteiger partial charge in [0.2, 0.25) is 10.0 Å². The van der Waals surface area contributed by atoms with Crippen LogP contribution in [0.5, 0.6) is 0 Å². The summed E-state index contributed by atoms with van der Waals surface area (Å²) in [5.41, 5.74) is 2.63. The number of benzene rings is 2. The first kappa shape index (κ1) is 19.9. The first-order valence-electron chi connectivity index (χ1n) is 8.51. The quantitative estimate of drug-likeness (QED) is 0.743. The fraction of sp³-hybridized carbons (Fsp3) is 0.316. The highest BCUT2D eigenvalue weighted by atomic mass is 32.2. The molecule has 2 aromatic carbocycles. The number of rotatable bonds is 8. The molecule has 0 fully saturated rings. The lowest BCUT2D eigenvalue weighted by atomic mass is 10.1. The van der Waals surface area contributed by atoms with Crippen LogP contribution in [0.2, 0.25) is 0 Å². The zero-order valence-corrected chi connectivity index (χ0v) is 16.1. The SMILES string of the molecule is CCN(CC)Cc1ccc(C(=O)Nc2cccc(NS(C)(=O)=O)c2)cc1. The number of carbonyl (C=O) groups excluding carboxylic acids is 1. The molecule has 0 radical (unpaired) electrons. The van der Waals surface area contributed by atoms with Crippen LogP contribution >= 0.6 is 0 Å². The molecule has 26 heavy (non-hydrogen) atoms. The number of carbonyl (C=O) groups is 1. The Bertz CT molecular complexity index is 845. The number of amides is 1. The van der Waals surface area contributed by atoms with Crippen molar-refractivity contribution in [2.24, 2.45) is 0 Å². The molecule has 2 N–H and O–H groups in total. The van der Waals surface area contributed by atoms with Crippen LogP contribution in [0.3, 0.4) is 0 Å². The Labute approximate surface area is 155 Å². The summed E-state index contributed by atoms with van der Waals surface area (Å²) in [4.78, 5) is 14.7. The maximum absolute atomic E-state index is 12.4. The Morgan fingerprint density at radius 3 is 2.19 bits per heavy atom. The minimum Gasteiger partial charge on any atom is -0.322 e. The number of nitrogens with one attached hydrogen (secondary N) is 2. The van der Waals surface area contributed by atoms with Crippen molar-refractivity contribution in [3.05, 3.63) is 59.7 Å². The third kappa shape index (κ3) is 6.16. The third-order valence-electron chi connectivity index (χ3n) is 3.94. The van der Waals surface area contributed by atoms with E-state index in [9.17, 15) is 13.2 Å². The second-order valence-corrected chi connectivity index (χ2v) is 7.82. The molecule has 0 aliphatic rings. The second-order valence-electron chi connectivity index (χ2n) is 6.07. The fourth-order valence-electron chi connectivity index (χ4n) is 2.54. The van der Waals surface area contributed by atoms with E-state index < -0.39 is 10.0 Å². The Balaban J connectivity index is 2.04. The molecule has 2 rings (SSSR count). The average Bonchev–Trinajstić information content (AvgIpc) is 2.59. The minimum atomic E-state index is -3.36. The molecular weight excluding hydrogens is 350 g/mol. The van der Waals surface area contributed by atoms with Gasteiger partial charge in [-0.2, -0.15) is 0 Å². The molecule has 0 saturated heterocycles. The van der Waals surface area contributed by atoms with Gasteiger partial charge in [-0.3, -0.25) is 14.4 Å². The summed E-state index contributed by atoms with van der Waals surface area (Å²) in [6.07, 6.45) is 1.08. The molecule has 0 aromatic heterocycles. The number of hydrogen-bond donors (Lipinski definition) is 2. The van der Waals surface area contributed by atoms with Crippen molar-refractivity contribution in [2.75, 3.05) is 29.4 Å². The van der Waals surface area contributed by atoms with Gasteiger partial charge in [0.25, 0.3) is 5.91 Å². The Hall–Kier alpha value is -2.38. The van der Waals surface area contributed by atoms with Crippen LogP contribution in [0.1, 0.15) is 29.8 Å². The van der Waals surface area contributed by atoms with Crippen molar-refractivity contribution in [3.63, 3.8) is 0 Å². The van der Waals surface area contributed by atoms with Gasteiger partial charge in [-0.25, -0.2) is 8.42 Å². The van der Waals surface area contributed by atoms with Crippen LogP contribution in [-0.4, -0.2) is 38.6 Å². The summed E-state index contributed by atoms with van der Waals surface area (Å²) in [6.45, 7) is 7.07. The zero-order chi connectivity index (χ0) is 19.2. The molecule has 0 spiro atoms. The summed E-state index contributed by atoms with van der Waals surface area (Å²) < 4.78 is 25.0. The van der Waals surface area contributed by atoms with Gasteiger partial charge in [0.1, 0.15) is 0 Å². The molecule has 2 aromatic rings. The van der Waals surface area contributed by atoms with Crippen molar-refractivity contribution in [1.29, 1.82) is 0 Å². The van der Waals surface area contributed by atoms with Crippen molar-refractivity contribution < 1.29 is 13.2 Å². The molecule has 6 nitrogen and oxygen atoms in total. The Morgan fingerprint density at radius 2 is 1.62 bits per heavy atom. The van der Waals surface area contributed by atoms with Gasteiger partial charge < -0.3 is 5.32 Å². The Kier molecular flexibility index (Phi) is 6.76. The molecule has 140 valence electrons. The standard InChI is InChI=1S/C19H25N3O3S/c1-4-22(5-2)14-15-9-11-16(12-10-15)19(23)20-17-7-6-8-18(13-17)21-26(3,24)25/h6-13,21H,4-5,14H2,1-3H3,(H,20,23). The van der Waals surface area contributed by atoms with Crippen LogP contribution < -0.4 is 10.0 Å². The first-order chi connectivity index (χ1) is 12.3. The number of anilines is 2. The van der Waals surface area contributed by atoms with Crippen LogP contribution in [0, 0.1) is 0 Å². The molecule has 0 unspecified atom stereocenters. The van der Waals surface area contributed by atoms with Gasteiger partial charge in [0.15, 0.2) is 0 Å².